The van der Waals surface area contributed by atoms with Crippen LogP contribution in [0.15, 0.2) is 16.5 Å². The first-order valence-electron chi connectivity index (χ1n) is 6.17. The highest BCUT2D eigenvalue weighted by atomic mass is 16.3. The van der Waals surface area contributed by atoms with E-state index in [0.29, 0.717) is 6.04 Å². The normalized spacial score (nSPS) is 27.6. The Kier molecular flexibility index (Phi) is 3.36. The van der Waals surface area contributed by atoms with E-state index in [4.69, 9.17) is 10.2 Å². The van der Waals surface area contributed by atoms with Gasteiger partial charge in [0.1, 0.15) is 11.5 Å². The Morgan fingerprint density at radius 2 is 2.19 bits per heavy atom. The predicted molar refractivity (Wildman–Crippen MR) is 65.2 cm³/mol. The fourth-order valence-corrected chi connectivity index (χ4v) is 2.62. The Morgan fingerprint density at radius 1 is 1.44 bits per heavy atom. The maximum Gasteiger partial charge on any atom is 0.122 e. The Labute approximate surface area is 97.6 Å². The van der Waals surface area contributed by atoms with Crippen molar-refractivity contribution in [2.45, 2.75) is 51.7 Å². The van der Waals surface area contributed by atoms with Gasteiger partial charge in [-0.05, 0) is 52.3 Å². The van der Waals surface area contributed by atoms with E-state index in [1.807, 2.05) is 13.0 Å². The number of aryl methyl sites for hydroxylation is 1. The summed E-state index contributed by atoms with van der Waals surface area (Å²) < 4.78 is 5.75. The fraction of sp³-hybridized carbons (Fsp3) is 0.692. The molecule has 1 aliphatic heterocycles. The van der Waals surface area contributed by atoms with Crippen LogP contribution in [0.3, 0.4) is 0 Å². The van der Waals surface area contributed by atoms with Gasteiger partial charge in [0.2, 0.25) is 0 Å². The van der Waals surface area contributed by atoms with Gasteiger partial charge in [0.15, 0.2) is 0 Å². The molecule has 3 heteroatoms. The summed E-state index contributed by atoms with van der Waals surface area (Å²) in [5.74, 6) is 2.00. The van der Waals surface area contributed by atoms with E-state index in [1.165, 1.54) is 6.42 Å². The lowest BCUT2D eigenvalue weighted by Gasteiger charge is -2.41. The summed E-state index contributed by atoms with van der Waals surface area (Å²) in [6, 6.07) is 5.06. The Bertz CT molecular complexity index is 345. The van der Waals surface area contributed by atoms with Crippen molar-refractivity contribution >= 4 is 0 Å². The minimum Gasteiger partial charge on any atom is -0.465 e. The van der Waals surface area contributed by atoms with Gasteiger partial charge in [-0.3, -0.25) is 4.90 Å². The van der Waals surface area contributed by atoms with E-state index in [1.54, 1.807) is 0 Å². The van der Waals surface area contributed by atoms with Gasteiger partial charge in [0, 0.05) is 12.1 Å². The van der Waals surface area contributed by atoms with Crippen molar-refractivity contribution in [2.24, 2.45) is 5.73 Å². The lowest BCUT2D eigenvalue weighted by Crippen LogP contribution is -2.48. The average molecular weight is 222 g/mol. The molecule has 3 nitrogen and oxygen atoms in total. The van der Waals surface area contributed by atoms with Crippen LogP contribution >= 0.6 is 0 Å². The highest BCUT2D eigenvalue weighted by Crippen LogP contribution is 2.32. The predicted octanol–water partition coefficient (Wildman–Crippen LogP) is 2.46. The Hall–Kier alpha value is -0.800. The van der Waals surface area contributed by atoms with Crippen LogP contribution in [-0.2, 0) is 0 Å². The average Bonchev–Trinajstić information content (AvgIpc) is 2.64. The Balaban J connectivity index is 2.26. The first-order valence-corrected chi connectivity index (χ1v) is 6.17. The molecule has 2 N–H and O–H groups in total. The highest BCUT2D eigenvalue weighted by Gasteiger charge is 2.33. The molecule has 1 saturated heterocycles. The number of furan rings is 1. The zero-order chi connectivity index (χ0) is 11.7. The number of nitrogens with two attached hydrogens (primary N) is 1. The number of likely N-dealkylation sites (tertiary alicyclic amines) is 1. The lowest BCUT2D eigenvalue weighted by molar-refractivity contribution is 0.0792. The Morgan fingerprint density at radius 3 is 2.75 bits per heavy atom. The van der Waals surface area contributed by atoms with E-state index in [9.17, 15) is 0 Å². The van der Waals surface area contributed by atoms with E-state index >= 15 is 0 Å². The molecule has 0 amide bonds. The quantitative estimate of drug-likeness (QED) is 0.835. The number of nitrogens with zero attached hydrogens (tertiary/aromatic N) is 1. The lowest BCUT2D eigenvalue weighted by atomic mass is 9.94. The molecule has 2 heterocycles. The number of hydrogen-bond acceptors (Lipinski definition) is 3. The zero-order valence-corrected chi connectivity index (χ0v) is 10.4. The fourth-order valence-electron chi connectivity index (χ4n) is 2.62. The summed E-state index contributed by atoms with van der Waals surface area (Å²) in [5, 5.41) is 0. The second kappa shape index (κ2) is 4.60. The molecule has 0 aliphatic carbocycles. The molecular weight excluding hydrogens is 200 g/mol. The summed E-state index contributed by atoms with van der Waals surface area (Å²) in [4.78, 5) is 2.45. The third-order valence-electron chi connectivity index (χ3n) is 3.43. The van der Waals surface area contributed by atoms with Gasteiger partial charge < -0.3 is 10.2 Å². The van der Waals surface area contributed by atoms with Crippen molar-refractivity contribution in [2.75, 3.05) is 6.54 Å². The summed E-state index contributed by atoms with van der Waals surface area (Å²) in [6.45, 7) is 7.55. The monoisotopic (exact) mass is 222 g/mol. The van der Waals surface area contributed by atoms with E-state index < -0.39 is 0 Å². The molecule has 0 spiro atoms. The van der Waals surface area contributed by atoms with Gasteiger partial charge in [-0.2, -0.15) is 0 Å². The van der Waals surface area contributed by atoms with Gasteiger partial charge in [0.25, 0.3) is 0 Å². The van der Waals surface area contributed by atoms with Crippen molar-refractivity contribution in [3.8, 4) is 0 Å². The first-order chi connectivity index (χ1) is 7.59. The van der Waals surface area contributed by atoms with Crippen molar-refractivity contribution < 1.29 is 4.42 Å². The van der Waals surface area contributed by atoms with Gasteiger partial charge >= 0.3 is 0 Å². The van der Waals surface area contributed by atoms with E-state index in [0.717, 1.165) is 24.5 Å². The molecule has 1 fully saturated rings. The van der Waals surface area contributed by atoms with Gasteiger partial charge in [-0.25, -0.2) is 0 Å². The third-order valence-corrected chi connectivity index (χ3v) is 3.43. The van der Waals surface area contributed by atoms with Crippen molar-refractivity contribution in [1.82, 2.24) is 4.90 Å². The zero-order valence-electron chi connectivity index (χ0n) is 10.4. The maximum atomic E-state index is 6.25. The van der Waals surface area contributed by atoms with Crippen LogP contribution in [0.2, 0.25) is 0 Å². The van der Waals surface area contributed by atoms with Gasteiger partial charge in [0.05, 0.1) is 6.04 Å². The van der Waals surface area contributed by atoms with Gasteiger partial charge in [-0.15, -0.1) is 0 Å². The highest BCUT2D eigenvalue weighted by molar-refractivity contribution is 5.13. The molecule has 2 atom stereocenters. The molecule has 0 radical (unpaired) electrons. The van der Waals surface area contributed by atoms with Crippen LogP contribution in [0.4, 0.5) is 0 Å². The van der Waals surface area contributed by atoms with Crippen molar-refractivity contribution in [3.63, 3.8) is 0 Å². The molecule has 0 saturated carbocycles. The van der Waals surface area contributed by atoms with Crippen LogP contribution in [-0.4, -0.2) is 23.5 Å². The summed E-state index contributed by atoms with van der Waals surface area (Å²) in [5.41, 5.74) is 6.25. The van der Waals surface area contributed by atoms with E-state index in [2.05, 4.69) is 24.8 Å². The maximum absolute atomic E-state index is 6.25. The van der Waals surface area contributed by atoms with Crippen LogP contribution in [0.1, 0.15) is 44.3 Å². The molecule has 1 aromatic heterocycles. The molecule has 2 rings (SSSR count). The van der Waals surface area contributed by atoms with Crippen molar-refractivity contribution in [3.05, 3.63) is 23.7 Å². The van der Waals surface area contributed by atoms with Crippen LogP contribution in [0.5, 0.6) is 0 Å². The smallest absolute Gasteiger partial charge is 0.122 e. The van der Waals surface area contributed by atoms with E-state index in [-0.39, 0.29) is 12.1 Å². The molecule has 1 aromatic rings. The number of rotatable bonds is 2. The summed E-state index contributed by atoms with van der Waals surface area (Å²) >= 11 is 0. The molecule has 0 bridgehead atoms. The first kappa shape index (κ1) is 11.7. The topological polar surface area (TPSA) is 42.4 Å². The minimum atomic E-state index is 0.196. The SMILES string of the molecule is Cc1ccc(C2C(N)CCCN2C(C)C)o1. The molecular formula is C13H22N2O. The van der Waals surface area contributed by atoms with Crippen LogP contribution < -0.4 is 5.73 Å². The number of piperidine rings is 1. The molecule has 2 unspecified atom stereocenters. The summed E-state index contributed by atoms with van der Waals surface area (Å²) in [6.07, 6.45) is 2.28. The largest absolute Gasteiger partial charge is 0.465 e. The molecule has 0 aromatic carbocycles. The third kappa shape index (κ3) is 2.15. The van der Waals surface area contributed by atoms with Gasteiger partial charge in [-0.1, -0.05) is 0 Å². The second-order valence-corrected chi connectivity index (χ2v) is 5.03. The van der Waals surface area contributed by atoms with Crippen LogP contribution in [0.25, 0.3) is 0 Å². The standard InChI is InChI=1S/C13H22N2O/c1-9(2)15-8-4-5-11(14)13(15)12-7-6-10(3)16-12/h6-7,9,11,13H,4-5,8,14H2,1-3H3. The van der Waals surface area contributed by atoms with Crippen molar-refractivity contribution in [1.29, 1.82) is 0 Å². The number of hydrogen-bond donors (Lipinski definition) is 1. The minimum absolute atomic E-state index is 0.196. The molecule has 16 heavy (non-hydrogen) atoms. The van der Waals surface area contributed by atoms with Crippen LogP contribution in [0, 0.1) is 6.92 Å². The second-order valence-electron chi connectivity index (χ2n) is 5.03. The molecule has 1 aliphatic rings. The summed E-state index contributed by atoms with van der Waals surface area (Å²) in [7, 11) is 0. The molecule has 90 valence electrons.